The van der Waals surface area contributed by atoms with Crippen LogP contribution in [0.4, 0.5) is 15.8 Å². The lowest BCUT2D eigenvalue weighted by atomic mass is 10.1. The van der Waals surface area contributed by atoms with E-state index in [1.54, 1.807) is 12.1 Å². The van der Waals surface area contributed by atoms with Crippen LogP contribution in [0.15, 0.2) is 84.9 Å². The summed E-state index contributed by atoms with van der Waals surface area (Å²) in [4.78, 5) is 4.76. The summed E-state index contributed by atoms with van der Waals surface area (Å²) in [7, 11) is 0. The largest absolute Gasteiger partial charge is 0.355 e. The number of nitrogens with one attached hydrogen (secondary N) is 1. The molecule has 0 radical (unpaired) electrons. The highest BCUT2D eigenvalue weighted by molar-refractivity contribution is 5.95. The van der Waals surface area contributed by atoms with Crippen LogP contribution in [-0.4, -0.2) is 4.98 Å². The highest BCUT2D eigenvalue weighted by Gasteiger charge is 2.07. The molecule has 0 spiro atoms. The first-order valence-corrected chi connectivity index (χ1v) is 7.77. The van der Waals surface area contributed by atoms with Crippen molar-refractivity contribution in [3.8, 4) is 11.3 Å². The molecule has 0 aliphatic rings. The van der Waals surface area contributed by atoms with Gasteiger partial charge in [-0.1, -0.05) is 48.5 Å². The highest BCUT2D eigenvalue weighted by Crippen LogP contribution is 2.30. The molecule has 0 saturated carbocycles. The molecule has 0 fully saturated rings. The summed E-state index contributed by atoms with van der Waals surface area (Å²) in [6, 6.07) is 26.4. The number of anilines is 2. The van der Waals surface area contributed by atoms with E-state index in [1.165, 1.54) is 12.1 Å². The van der Waals surface area contributed by atoms with Gasteiger partial charge in [0.25, 0.3) is 0 Å². The second-order valence-corrected chi connectivity index (χ2v) is 5.57. The zero-order valence-electron chi connectivity index (χ0n) is 13.3. The second-order valence-electron chi connectivity index (χ2n) is 5.57. The molecule has 0 unspecified atom stereocenters. The van der Waals surface area contributed by atoms with Gasteiger partial charge in [0, 0.05) is 16.6 Å². The van der Waals surface area contributed by atoms with Crippen molar-refractivity contribution in [2.75, 3.05) is 5.32 Å². The monoisotopic (exact) mass is 350 g/mol. The van der Waals surface area contributed by atoms with E-state index in [-0.39, 0.29) is 18.2 Å². The summed E-state index contributed by atoms with van der Waals surface area (Å²) < 4.78 is 13.1. The average molecular weight is 351 g/mol. The maximum atomic E-state index is 13.1. The van der Waals surface area contributed by atoms with Gasteiger partial charge in [0.1, 0.15) is 5.82 Å². The predicted octanol–water partition coefficient (Wildman–Crippen LogP) is 6.21. The number of benzene rings is 3. The Morgan fingerprint density at radius 2 is 1.44 bits per heavy atom. The van der Waals surface area contributed by atoms with Crippen LogP contribution in [-0.2, 0) is 0 Å². The molecule has 4 rings (SSSR count). The van der Waals surface area contributed by atoms with Crippen LogP contribution < -0.4 is 5.32 Å². The minimum Gasteiger partial charge on any atom is -0.355 e. The minimum atomic E-state index is -0.245. The molecule has 0 bridgehead atoms. The number of hydrogen-bond acceptors (Lipinski definition) is 2. The van der Waals surface area contributed by atoms with Gasteiger partial charge in [-0.05, 0) is 36.4 Å². The first-order chi connectivity index (χ1) is 11.8. The van der Waals surface area contributed by atoms with Crippen molar-refractivity contribution in [3.63, 3.8) is 0 Å². The van der Waals surface area contributed by atoms with Gasteiger partial charge in [0.2, 0.25) is 0 Å². The quantitative estimate of drug-likeness (QED) is 0.475. The molecule has 0 amide bonds. The summed E-state index contributed by atoms with van der Waals surface area (Å²) in [5.74, 6) is -0.245. The number of pyridine rings is 1. The molecule has 0 aliphatic carbocycles. The third kappa shape index (κ3) is 3.62. The molecule has 0 atom stereocenters. The van der Waals surface area contributed by atoms with Crippen LogP contribution in [0.3, 0.4) is 0 Å². The lowest BCUT2D eigenvalue weighted by Crippen LogP contribution is -1.95. The third-order valence-electron chi connectivity index (χ3n) is 3.91. The van der Waals surface area contributed by atoms with Crippen LogP contribution in [0.25, 0.3) is 22.2 Å². The SMILES string of the molecule is Cl.Fc1ccc(Nc2cc(-c3ccccc3)nc3ccccc23)cc1. The number of para-hydroxylation sites is 1. The summed E-state index contributed by atoms with van der Waals surface area (Å²) in [6.45, 7) is 0. The average Bonchev–Trinajstić information content (AvgIpc) is 2.64. The Labute approximate surface area is 151 Å². The Hall–Kier alpha value is -2.91. The Bertz CT molecular complexity index is 986. The second kappa shape index (κ2) is 7.32. The molecule has 0 saturated heterocycles. The molecular weight excluding hydrogens is 335 g/mol. The van der Waals surface area contributed by atoms with Crippen molar-refractivity contribution in [2.24, 2.45) is 0 Å². The Kier molecular flexibility index (Phi) is 4.96. The normalized spacial score (nSPS) is 10.3. The number of rotatable bonds is 3. The third-order valence-corrected chi connectivity index (χ3v) is 3.91. The highest BCUT2D eigenvalue weighted by atomic mass is 35.5. The number of aromatic nitrogens is 1. The predicted molar refractivity (Wildman–Crippen MR) is 104 cm³/mol. The van der Waals surface area contributed by atoms with Crippen molar-refractivity contribution >= 4 is 34.7 Å². The minimum absolute atomic E-state index is 0. The lowest BCUT2D eigenvalue weighted by molar-refractivity contribution is 0.628. The Morgan fingerprint density at radius 1 is 0.760 bits per heavy atom. The summed E-state index contributed by atoms with van der Waals surface area (Å²) in [5, 5.41) is 4.41. The summed E-state index contributed by atoms with van der Waals surface area (Å²) in [6.07, 6.45) is 0. The molecule has 1 aromatic heterocycles. The van der Waals surface area contributed by atoms with Crippen molar-refractivity contribution in [3.05, 3.63) is 90.7 Å². The maximum absolute atomic E-state index is 13.1. The van der Waals surface area contributed by atoms with Gasteiger partial charge in [-0.2, -0.15) is 0 Å². The fourth-order valence-electron chi connectivity index (χ4n) is 2.72. The first-order valence-electron chi connectivity index (χ1n) is 7.77. The molecule has 25 heavy (non-hydrogen) atoms. The van der Waals surface area contributed by atoms with Crippen LogP contribution in [0.5, 0.6) is 0 Å². The fourth-order valence-corrected chi connectivity index (χ4v) is 2.72. The van der Waals surface area contributed by atoms with E-state index in [0.717, 1.165) is 33.5 Å². The van der Waals surface area contributed by atoms with Crippen LogP contribution in [0.1, 0.15) is 0 Å². The maximum Gasteiger partial charge on any atom is 0.123 e. The van der Waals surface area contributed by atoms with Gasteiger partial charge >= 0.3 is 0 Å². The van der Waals surface area contributed by atoms with Crippen molar-refractivity contribution in [1.29, 1.82) is 0 Å². The van der Waals surface area contributed by atoms with E-state index in [9.17, 15) is 4.39 Å². The fraction of sp³-hybridized carbons (Fsp3) is 0. The Morgan fingerprint density at radius 3 is 2.20 bits per heavy atom. The molecule has 3 aromatic carbocycles. The van der Waals surface area contributed by atoms with Crippen molar-refractivity contribution in [1.82, 2.24) is 4.98 Å². The van der Waals surface area contributed by atoms with Gasteiger partial charge in [0.05, 0.1) is 16.9 Å². The van der Waals surface area contributed by atoms with Gasteiger partial charge in [-0.3, -0.25) is 0 Å². The first kappa shape index (κ1) is 16.9. The molecule has 0 aliphatic heterocycles. The van der Waals surface area contributed by atoms with E-state index in [0.29, 0.717) is 0 Å². The van der Waals surface area contributed by atoms with Gasteiger partial charge < -0.3 is 5.32 Å². The Balaban J connectivity index is 0.00000182. The number of fused-ring (bicyclic) bond motifs is 1. The van der Waals surface area contributed by atoms with Crippen molar-refractivity contribution < 1.29 is 4.39 Å². The topological polar surface area (TPSA) is 24.9 Å². The molecule has 2 nitrogen and oxygen atoms in total. The van der Waals surface area contributed by atoms with Gasteiger partial charge in [-0.25, -0.2) is 9.37 Å². The molecule has 1 N–H and O–H groups in total. The lowest BCUT2D eigenvalue weighted by Gasteiger charge is -2.12. The summed E-state index contributed by atoms with van der Waals surface area (Å²) in [5.41, 5.74) is 4.67. The van der Waals surface area contributed by atoms with E-state index < -0.39 is 0 Å². The van der Waals surface area contributed by atoms with E-state index >= 15 is 0 Å². The van der Waals surface area contributed by atoms with E-state index in [1.807, 2.05) is 60.7 Å². The number of nitrogens with zero attached hydrogens (tertiary/aromatic N) is 1. The van der Waals surface area contributed by atoms with Crippen LogP contribution in [0, 0.1) is 5.82 Å². The van der Waals surface area contributed by atoms with Crippen LogP contribution in [0.2, 0.25) is 0 Å². The zero-order valence-corrected chi connectivity index (χ0v) is 14.1. The zero-order chi connectivity index (χ0) is 16.4. The van der Waals surface area contributed by atoms with E-state index in [4.69, 9.17) is 4.98 Å². The number of halogens is 2. The molecular formula is C21H16ClFN2. The van der Waals surface area contributed by atoms with Gasteiger partial charge in [-0.15, -0.1) is 12.4 Å². The molecule has 4 heteroatoms. The smallest absolute Gasteiger partial charge is 0.123 e. The summed E-state index contributed by atoms with van der Waals surface area (Å²) >= 11 is 0. The molecule has 124 valence electrons. The number of hydrogen-bond donors (Lipinski definition) is 1. The van der Waals surface area contributed by atoms with Crippen molar-refractivity contribution in [2.45, 2.75) is 0 Å². The standard InChI is InChI=1S/C21H15FN2.ClH/c22-16-10-12-17(13-11-16)23-21-14-20(15-6-2-1-3-7-15)24-19-9-5-4-8-18(19)21;/h1-14H,(H,23,24);1H. The molecule has 4 aromatic rings. The van der Waals surface area contributed by atoms with Gasteiger partial charge in [0.15, 0.2) is 0 Å². The van der Waals surface area contributed by atoms with E-state index in [2.05, 4.69) is 5.32 Å². The van der Waals surface area contributed by atoms with Crippen LogP contribution >= 0.6 is 12.4 Å². The molecule has 1 heterocycles.